The van der Waals surface area contributed by atoms with Crippen LogP contribution in [0.5, 0.6) is 0 Å². The molecule has 5 heteroatoms. The van der Waals surface area contributed by atoms with E-state index in [1.165, 1.54) is 0 Å². The van der Waals surface area contributed by atoms with Crippen LogP contribution in [-0.2, 0) is 14.3 Å². The van der Waals surface area contributed by atoms with Gasteiger partial charge in [0.25, 0.3) is 0 Å². The lowest BCUT2D eigenvalue weighted by atomic mass is 9.64. The predicted octanol–water partition coefficient (Wildman–Crippen LogP) is 1.42. The Morgan fingerprint density at radius 2 is 2.24 bits per heavy atom. The fourth-order valence-electron chi connectivity index (χ4n) is 3.45. The number of hydrogen-bond donors (Lipinski definition) is 1. The molecule has 3 unspecified atom stereocenters. The summed E-state index contributed by atoms with van der Waals surface area (Å²) in [5.74, 6) is 0.154. The zero-order chi connectivity index (χ0) is 15.5. The van der Waals surface area contributed by atoms with Crippen LogP contribution in [0.3, 0.4) is 0 Å². The lowest BCUT2D eigenvalue weighted by Crippen LogP contribution is -2.63. The van der Waals surface area contributed by atoms with Crippen molar-refractivity contribution < 1.29 is 14.3 Å². The Morgan fingerprint density at radius 3 is 2.81 bits per heavy atom. The topological polar surface area (TPSA) is 50.8 Å². The van der Waals surface area contributed by atoms with Gasteiger partial charge in [-0.1, -0.05) is 13.8 Å². The molecular weight excluding hydrogens is 268 g/mol. The Labute approximate surface area is 128 Å². The van der Waals surface area contributed by atoms with Crippen molar-refractivity contribution in [3.8, 4) is 0 Å². The van der Waals surface area contributed by atoms with Crippen LogP contribution in [0.25, 0.3) is 0 Å². The van der Waals surface area contributed by atoms with Gasteiger partial charge < -0.3 is 19.7 Å². The van der Waals surface area contributed by atoms with Crippen LogP contribution in [0.2, 0.25) is 0 Å². The minimum atomic E-state index is 0.0367. The van der Waals surface area contributed by atoms with Crippen LogP contribution in [0.1, 0.15) is 40.0 Å². The third-order valence-corrected chi connectivity index (χ3v) is 5.03. The Balaban J connectivity index is 1.72. The van der Waals surface area contributed by atoms with Gasteiger partial charge in [-0.25, -0.2) is 0 Å². The predicted molar refractivity (Wildman–Crippen MR) is 82.2 cm³/mol. The summed E-state index contributed by atoms with van der Waals surface area (Å²) in [6, 6.07) is 0.270. The number of carbonyl (C=O) groups excluding carboxylic acids is 1. The third-order valence-electron chi connectivity index (χ3n) is 5.03. The quantitative estimate of drug-likeness (QED) is 0.772. The van der Waals surface area contributed by atoms with Crippen LogP contribution < -0.4 is 5.32 Å². The molecule has 1 aliphatic heterocycles. The molecule has 0 radical (unpaired) electrons. The molecular formula is C16H30N2O3. The first-order chi connectivity index (χ1) is 9.96. The summed E-state index contributed by atoms with van der Waals surface area (Å²) in [6.07, 6.45) is 3.72. The van der Waals surface area contributed by atoms with Crippen LogP contribution in [0.15, 0.2) is 0 Å². The summed E-state index contributed by atoms with van der Waals surface area (Å²) < 4.78 is 11.3. The maximum atomic E-state index is 12.3. The van der Waals surface area contributed by atoms with E-state index in [2.05, 4.69) is 19.2 Å². The highest BCUT2D eigenvalue weighted by atomic mass is 16.5. The zero-order valence-corrected chi connectivity index (χ0v) is 13.9. The van der Waals surface area contributed by atoms with E-state index in [4.69, 9.17) is 9.47 Å². The highest BCUT2D eigenvalue weighted by Gasteiger charge is 2.51. The van der Waals surface area contributed by atoms with Crippen molar-refractivity contribution in [3.63, 3.8) is 0 Å². The zero-order valence-electron chi connectivity index (χ0n) is 13.9. The minimum Gasteiger partial charge on any atom is -0.378 e. The van der Waals surface area contributed by atoms with Crippen LogP contribution >= 0.6 is 0 Å². The van der Waals surface area contributed by atoms with Crippen molar-refractivity contribution in [3.05, 3.63) is 0 Å². The monoisotopic (exact) mass is 298 g/mol. The van der Waals surface area contributed by atoms with E-state index < -0.39 is 0 Å². The second-order valence-electron chi connectivity index (χ2n) is 6.79. The summed E-state index contributed by atoms with van der Waals surface area (Å²) >= 11 is 0. The van der Waals surface area contributed by atoms with Crippen LogP contribution in [0, 0.1) is 5.41 Å². The molecule has 122 valence electrons. The lowest BCUT2D eigenvalue weighted by molar-refractivity contribution is -0.162. The van der Waals surface area contributed by atoms with Crippen molar-refractivity contribution in [1.82, 2.24) is 10.2 Å². The van der Waals surface area contributed by atoms with E-state index in [9.17, 15) is 4.79 Å². The molecule has 1 aliphatic carbocycles. The maximum Gasteiger partial charge on any atom is 0.236 e. The molecule has 1 heterocycles. The largest absolute Gasteiger partial charge is 0.378 e. The number of hydrogen-bond acceptors (Lipinski definition) is 4. The number of nitrogens with zero attached hydrogens (tertiary/aromatic N) is 1. The number of carbonyl (C=O) groups is 1. The van der Waals surface area contributed by atoms with Gasteiger partial charge in [0, 0.05) is 38.3 Å². The number of amides is 1. The molecule has 3 atom stereocenters. The minimum absolute atomic E-state index is 0.0367. The first-order valence-electron chi connectivity index (χ1n) is 8.16. The molecule has 2 aliphatic rings. The molecule has 2 fully saturated rings. The van der Waals surface area contributed by atoms with E-state index in [0.29, 0.717) is 6.54 Å². The Bertz CT molecular complexity index is 353. The standard InChI is InChI=1S/C16H30N2O3/c1-5-20-14-9-13(16(14,2)3)18(4)15(19)11-17-10-12-7-6-8-21-12/h12-14,17H,5-11H2,1-4H3. The molecule has 1 saturated carbocycles. The van der Waals surface area contributed by atoms with E-state index in [1.54, 1.807) is 0 Å². The summed E-state index contributed by atoms with van der Waals surface area (Å²) in [4.78, 5) is 14.2. The SMILES string of the molecule is CCOC1CC(N(C)C(=O)CNCC2CCCO2)C1(C)C. The summed E-state index contributed by atoms with van der Waals surface area (Å²) in [5, 5.41) is 3.23. The number of rotatable bonds is 7. The van der Waals surface area contributed by atoms with Crippen molar-refractivity contribution in [2.75, 3.05) is 33.4 Å². The molecule has 1 N–H and O–H groups in total. The average Bonchev–Trinajstić information content (AvgIpc) is 2.95. The molecule has 0 bridgehead atoms. The van der Waals surface area contributed by atoms with Crippen molar-refractivity contribution in [2.24, 2.45) is 5.41 Å². The second-order valence-corrected chi connectivity index (χ2v) is 6.79. The molecule has 0 aromatic carbocycles. The fourth-order valence-corrected chi connectivity index (χ4v) is 3.45. The van der Waals surface area contributed by atoms with Gasteiger partial charge in [-0.3, -0.25) is 4.79 Å². The van der Waals surface area contributed by atoms with Gasteiger partial charge in [0.15, 0.2) is 0 Å². The average molecular weight is 298 g/mol. The number of nitrogens with one attached hydrogen (secondary N) is 1. The molecule has 0 spiro atoms. The lowest BCUT2D eigenvalue weighted by Gasteiger charge is -2.54. The fraction of sp³-hybridized carbons (Fsp3) is 0.938. The Hall–Kier alpha value is -0.650. The highest BCUT2D eigenvalue weighted by Crippen LogP contribution is 2.45. The van der Waals surface area contributed by atoms with E-state index in [0.717, 1.165) is 39.0 Å². The smallest absolute Gasteiger partial charge is 0.236 e. The summed E-state index contributed by atoms with van der Waals surface area (Å²) in [7, 11) is 1.91. The van der Waals surface area contributed by atoms with Gasteiger partial charge >= 0.3 is 0 Å². The molecule has 1 amide bonds. The van der Waals surface area contributed by atoms with E-state index in [1.807, 2.05) is 18.9 Å². The van der Waals surface area contributed by atoms with Crippen LogP contribution in [-0.4, -0.2) is 62.4 Å². The first kappa shape index (κ1) is 16.7. The number of likely N-dealkylation sites (N-methyl/N-ethyl adjacent to an activating group) is 1. The normalized spacial score (nSPS) is 31.0. The molecule has 5 nitrogen and oxygen atoms in total. The number of ether oxygens (including phenoxy) is 2. The second kappa shape index (κ2) is 7.07. The molecule has 2 rings (SSSR count). The third kappa shape index (κ3) is 3.76. The first-order valence-corrected chi connectivity index (χ1v) is 8.16. The van der Waals surface area contributed by atoms with Gasteiger partial charge in [-0.2, -0.15) is 0 Å². The van der Waals surface area contributed by atoms with Gasteiger partial charge in [-0.15, -0.1) is 0 Å². The highest BCUT2D eigenvalue weighted by molar-refractivity contribution is 5.78. The summed E-state index contributed by atoms with van der Waals surface area (Å²) in [6.45, 7) is 9.15. The summed E-state index contributed by atoms with van der Waals surface area (Å²) in [5.41, 5.74) is 0.0367. The van der Waals surface area contributed by atoms with Crippen molar-refractivity contribution in [2.45, 2.75) is 58.3 Å². The molecule has 21 heavy (non-hydrogen) atoms. The van der Waals surface area contributed by atoms with Crippen molar-refractivity contribution >= 4 is 5.91 Å². The maximum absolute atomic E-state index is 12.3. The van der Waals surface area contributed by atoms with Gasteiger partial charge in [-0.05, 0) is 26.2 Å². The van der Waals surface area contributed by atoms with Crippen molar-refractivity contribution in [1.29, 1.82) is 0 Å². The molecule has 0 aromatic heterocycles. The molecule has 1 saturated heterocycles. The van der Waals surface area contributed by atoms with E-state index in [-0.39, 0.29) is 29.6 Å². The van der Waals surface area contributed by atoms with Gasteiger partial charge in [0.2, 0.25) is 5.91 Å². The van der Waals surface area contributed by atoms with Gasteiger partial charge in [0.05, 0.1) is 18.8 Å². The Morgan fingerprint density at radius 1 is 1.48 bits per heavy atom. The van der Waals surface area contributed by atoms with Crippen LogP contribution in [0.4, 0.5) is 0 Å². The van der Waals surface area contributed by atoms with E-state index >= 15 is 0 Å². The Kier molecular flexibility index (Phi) is 5.63. The molecule has 0 aromatic rings. The van der Waals surface area contributed by atoms with Gasteiger partial charge in [0.1, 0.15) is 0 Å².